The van der Waals surface area contributed by atoms with E-state index in [2.05, 4.69) is 115 Å². The lowest BCUT2D eigenvalue weighted by Crippen LogP contribution is -1.81. The first kappa shape index (κ1) is 20.6. The third kappa shape index (κ3) is 3.25. The lowest BCUT2D eigenvalue weighted by Gasteiger charge is -2.02. The Morgan fingerprint density at radius 1 is 0.405 bits per heavy atom. The Hall–Kier alpha value is -4.60. The summed E-state index contributed by atoms with van der Waals surface area (Å²) < 4.78 is 2.36. The predicted octanol–water partition coefficient (Wildman–Crippen LogP) is 9.73. The summed E-state index contributed by atoms with van der Waals surface area (Å²) in [5.74, 6) is 0. The molecule has 3 heterocycles. The van der Waals surface area contributed by atoms with Crippen molar-refractivity contribution >= 4 is 85.6 Å². The van der Waals surface area contributed by atoms with Crippen LogP contribution in [0.1, 0.15) is 0 Å². The molecule has 0 aliphatic rings. The highest BCUT2D eigenvalue weighted by molar-refractivity contribution is 7.26. The number of hydrogen-bond acceptors (Lipinski definition) is 3. The molecule has 0 radical (unpaired) electrons. The number of nitrogens with zero attached hydrogens (tertiary/aromatic N) is 2. The van der Waals surface area contributed by atoms with Gasteiger partial charge in [-0.1, -0.05) is 91.0 Å². The first-order chi connectivity index (χ1) is 18.3. The van der Waals surface area contributed by atoms with Crippen molar-refractivity contribution in [3.63, 3.8) is 0 Å². The molecule has 0 aliphatic carbocycles. The molecule has 37 heavy (non-hydrogen) atoms. The lowest BCUT2D eigenvalue weighted by atomic mass is 10.0. The molecule has 0 N–H and O–H groups in total. The molecule has 3 aromatic heterocycles. The van der Waals surface area contributed by atoms with Crippen molar-refractivity contribution in [2.45, 2.75) is 0 Å². The molecular formula is C34H20N2S. The van der Waals surface area contributed by atoms with Crippen molar-refractivity contribution in [3.05, 3.63) is 122 Å². The zero-order chi connectivity index (χ0) is 24.3. The highest BCUT2D eigenvalue weighted by Crippen LogP contribution is 2.37. The van der Waals surface area contributed by atoms with Crippen molar-refractivity contribution in [1.29, 1.82) is 0 Å². The van der Waals surface area contributed by atoms with Gasteiger partial charge in [-0.3, -0.25) is 0 Å². The highest BCUT2D eigenvalue weighted by Gasteiger charge is 2.10. The Morgan fingerprint density at radius 2 is 0.946 bits per heavy atom. The number of fused-ring (bicyclic) bond motifs is 14. The molecule has 0 spiro atoms. The second-order valence-corrected chi connectivity index (χ2v) is 10.6. The molecule has 0 saturated carbocycles. The van der Waals surface area contributed by atoms with E-state index in [-0.39, 0.29) is 0 Å². The summed E-state index contributed by atoms with van der Waals surface area (Å²) in [6, 6.07) is 41.9. The van der Waals surface area contributed by atoms with Crippen molar-refractivity contribution in [2.24, 2.45) is 0 Å². The summed E-state index contributed by atoms with van der Waals surface area (Å²) in [4.78, 5) is 9.47. The summed E-state index contributed by atoms with van der Waals surface area (Å²) in [7, 11) is 0. The van der Waals surface area contributed by atoms with Gasteiger partial charge in [-0.15, -0.1) is 11.3 Å². The van der Waals surface area contributed by atoms with Gasteiger partial charge in [0.05, 0.1) is 15.7 Å². The molecule has 0 saturated heterocycles. The maximum atomic E-state index is 4.76. The average molecular weight is 489 g/mol. The van der Waals surface area contributed by atoms with Crippen LogP contribution in [0.25, 0.3) is 74.3 Å². The largest absolute Gasteiger partial charge is 0.235 e. The minimum atomic E-state index is 0.988. The number of benzene rings is 5. The molecule has 8 rings (SSSR count). The molecule has 2 nitrogen and oxygen atoms in total. The Balaban J connectivity index is 1.68. The van der Waals surface area contributed by atoms with Gasteiger partial charge in [0.25, 0.3) is 0 Å². The minimum Gasteiger partial charge on any atom is -0.235 e. The van der Waals surface area contributed by atoms with Crippen LogP contribution >= 0.6 is 11.3 Å². The van der Waals surface area contributed by atoms with Crippen LogP contribution in [0.3, 0.4) is 0 Å². The molecule has 3 heteroatoms. The zero-order valence-corrected chi connectivity index (χ0v) is 20.7. The van der Waals surface area contributed by atoms with E-state index in [0.717, 1.165) is 21.1 Å². The van der Waals surface area contributed by atoms with Crippen molar-refractivity contribution in [1.82, 2.24) is 9.97 Å². The monoisotopic (exact) mass is 488 g/mol. The van der Waals surface area contributed by atoms with Crippen LogP contribution in [0, 0.1) is 0 Å². The third-order valence-electron chi connectivity index (χ3n) is 7.33. The second kappa shape index (κ2) is 7.95. The van der Waals surface area contributed by atoms with Crippen molar-refractivity contribution in [3.8, 4) is 0 Å². The Bertz CT molecular complexity index is 2240. The Morgan fingerprint density at radius 3 is 1.65 bits per heavy atom. The van der Waals surface area contributed by atoms with Crippen LogP contribution in [0.15, 0.2) is 122 Å². The molecule has 0 aliphatic heterocycles. The highest BCUT2D eigenvalue weighted by atomic mass is 32.1. The smallest absolute Gasteiger partial charge is 0.116 e. The minimum absolute atomic E-state index is 0.988. The molecule has 0 atom stereocenters. The van der Waals surface area contributed by atoms with E-state index in [4.69, 9.17) is 9.97 Å². The summed E-state index contributed by atoms with van der Waals surface area (Å²) in [5.41, 5.74) is 2.01. The van der Waals surface area contributed by atoms with Gasteiger partial charge in [0, 0.05) is 15.5 Å². The van der Waals surface area contributed by atoms with Gasteiger partial charge in [0.1, 0.15) is 6.33 Å². The van der Waals surface area contributed by atoms with Crippen LogP contribution in [-0.4, -0.2) is 9.97 Å². The lowest BCUT2D eigenvalue weighted by molar-refractivity contribution is 1.28. The Kier molecular flexibility index (Phi) is 4.42. The average Bonchev–Trinajstić information content (AvgIpc) is 3.35. The van der Waals surface area contributed by atoms with Crippen molar-refractivity contribution in [2.75, 3.05) is 0 Å². The van der Waals surface area contributed by atoms with E-state index in [9.17, 15) is 0 Å². The second-order valence-electron chi connectivity index (χ2n) is 9.50. The molecule has 0 amide bonds. The topological polar surface area (TPSA) is 25.8 Å². The van der Waals surface area contributed by atoms with Gasteiger partial charge in [0.2, 0.25) is 0 Å². The Labute approximate surface area is 216 Å². The standard InChI is InChI=1S/C34H20N2S/c1-2-13-29-26-14-15-30-31(19-26)37-34-32(35-20-36-33(30)34)27-11-5-9-24(18-27)22-7-3-6-21(16-22)23-8-4-10-25(17-23)28(29)12-1/h1-20H. The molecule has 5 aromatic carbocycles. The fourth-order valence-corrected chi connectivity index (χ4v) is 6.73. The SMILES string of the molecule is c1cc2cc(c1)c1cccc(c1)c1ncnc3c4ccc(cc4sc13)c1ccccc1c1cccc2c1. The summed E-state index contributed by atoms with van der Waals surface area (Å²) in [6.45, 7) is 0. The molecule has 9 bridgehead atoms. The van der Waals surface area contributed by atoms with Crippen LogP contribution < -0.4 is 0 Å². The van der Waals surface area contributed by atoms with Gasteiger partial charge >= 0.3 is 0 Å². The fourth-order valence-electron chi connectivity index (χ4n) is 5.53. The van der Waals surface area contributed by atoms with E-state index in [1.165, 1.54) is 53.2 Å². The normalized spacial score (nSPS) is 11.8. The van der Waals surface area contributed by atoms with E-state index in [1.807, 2.05) is 0 Å². The molecule has 8 aromatic rings. The zero-order valence-electron chi connectivity index (χ0n) is 19.8. The quantitative estimate of drug-likeness (QED) is 0.212. The maximum Gasteiger partial charge on any atom is 0.116 e. The predicted molar refractivity (Wildman–Crippen MR) is 160 cm³/mol. The molecular weight excluding hydrogens is 468 g/mol. The van der Waals surface area contributed by atoms with Crippen molar-refractivity contribution < 1.29 is 0 Å². The van der Waals surface area contributed by atoms with Crippen LogP contribution in [0.4, 0.5) is 0 Å². The number of thiophene rings is 1. The van der Waals surface area contributed by atoms with E-state index in [1.54, 1.807) is 17.7 Å². The summed E-state index contributed by atoms with van der Waals surface area (Å²) >= 11 is 1.78. The van der Waals surface area contributed by atoms with Gasteiger partial charge in [-0.05, 0) is 67.4 Å². The van der Waals surface area contributed by atoms with E-state index >= 15 is 0 Å². The van der Waals surface area contributed by atoms with Gasteiger partial charge in [0.15, 0.2) is 0 Å². The maximum absolute atomic E-state index is 4.76. The summed E-state index contributed by atoms with van der Waals surface area (Å²) in [6.07, 6.45) is 1.70. The van der Waals surface area contributed by atoms with E-state index < -0.39 is 0 Å². The number of rotatable bonds is 0. The van der Waals surface area contributed by atoms with Gasteiger partial charge in [-0.25, -0.2) is 9.97 Å². The van der Waals surface area contributed by atoms with Crippen LogP contribution in [0.2, 0.25) is 0 Å². The van der Waals surface area contributed by atoms with Gasteiger partial charge < -0.3 is 0 Å². The number of aromatic nitrogens is 2. The first-order valence-electron chi connectivity index (χ1n) is 12.4. The van der Waals surface area contributed by atoms with Gasteiger partial charge in [-0.2, -0.15) is 0 Å². The van der Waals surface area contributed by atoms with Crippen LogP contribution in [0.5, 0.6) is 0 Å². The first-order valence-corrected chi connectivity index (χ1v) is 13.2. The molecule has 172 valence electrons. The molecule has 0 fully saturated rings. The number of hydrogen-bond donors (Lipinski definition) is 0. The van der Waals surface area contributed by atoms with Crippen LogP contribution in [-0.2, 0) is 0 Å². The summed E-state index contributed by atoms with van der Waals surface area (Å²) in [5, 5.41) is 12.0. The fraction of sp³-hybridized carbons (Fsp3) is 0. The van der Waals surface area contributed by atoms with E-state index in [0.29, 0.717) is 0 Å². The molecule has 0 unspecified atom stereocenters. The third-order valence-corrected chi connectivity index (χ3v) is 8.48.